The lowest BCUT2D eigenvalue weighted by Crippen LogP contribution is -2.16. The molecule has 1 aromatic heterocycles. The Hall–Kier alpha value is -1.08. The molecule has 0 aliphatic carbocycles. The topological polar surface area (TPSA) is 54.2 Å². The molecule has 4 nitrogen and oxygen atoms in total. The predicted octanol–water partition coefficient (Wildman–Crippen LogP) is 2.79. The van der Waals surface area contributed by atoms with Gasteiger partial charge in [-0.05, 0) is 67.9 Å². The molecule has 0 fully saturated rings. The van der Waals surface area contributed by atoms with Crippen molar-refractivity contribution in [3.05, 3.63) is 28.0 Å². The largest absolute Gasteiger partial charge is 0.396 e. The van der Waals surface area contributed by atoms with Crippen LogP contribution in [0.2, 0.25) is 0 Å². The molecule has 19 heavy (non-hydrogen) atoms. The first kappa shape index (κ1) is 14.3. The van der Waals surface area contributed by atoms with Gasteiger partial charge in [0.25, 0.3) is 0 Å². The molecule has 0 atom stereocenters. The minimum Gasteiger partial charge on any atom is -0.396 e. The number of nitrogen functional groups attached to an aromatic ring is 1. The first-order valence-electron chi connectivity index (χ1n) is 6.30. The van der Waals surface area contributed by atoms with E-state index in [2.05, 4.69) is 64.0 Å². The van der Waals surface area contributed by atoms with Crippen LogP contribution in [-0.2, 0) is 0 Å². The van der Waals surface area contributed by atoms with Gasteiger partial charge in [-0.1, -0.05) is 0 Å². The van der Waals surface area contributed by atoms with E-state index >= 15 is 0 Å². The molecule has 2 rings (SSSR count). The average Bonchev–Trinajstić information content (AvgIpc) is 2.36. The quantitative estimate of drug-likeness (QED) is 0.628. The van der Waals surface area contributed by atoms with Gasteiger partial charge in [-0.25, -0.2) is 0 Å². The zero-order valence-corrected chi connectivity index (χ0v) is 13.4. The summed E-state index contributed by atoms with van der Waals surface area (Å²) < 4.78 is 1.19. The summed E-state index contributed by atoms with van der Waals surface area (Å²) in [5, 5.41) is 4.54. The van der Waals surface area contributed by atoms with Crippen LogP contribution in [0.5, 0.6) is 0 Å². The zero-order valence-electron chi connectivity index (χ0n) is 11.3. The van der Waals surface area contributed by atoms with E-state index in [9.17, 15) is 0 Å². The molecule has 0 bridgehead atoms. The molecule has 5 heteroatoms. The molecule has 0 spiro atoms. The summed E-state index contributed by atoms with van der Waals surface area (Å²) in [6.07, 6.45) is 2.81. The number of benzene rings is 1. The minimum absolute atomic E-state index is 0.708. The molecule has 2 aromatic rings. The lowest BCUT2D eigenvalue weighted by molar-refractivity contribution is 0.405. The third kappa shape index (κ3) is 3.70. The number of pyridine rings is 1. The first-order valence-corrected chi connectivity index (χ1v) is 7.38. The van der Waals surface area contributed by atoms with E-state index in [0.717, 1.165) is 36.1 Å². The standard InChI is InChI=1S/C14H19IN4/c1-19(2)7-3-6-17-14-11-8-10(15)4-5-13(11)18-9-12(14)16/h4-5,8-9H,3,6-7,16H2,1-2H3,(H,17,18). The predicted molar refractivity (Wildman–Crippen MR) is 90.5 cm³/mol. The third-order valence-corrected chi connectivity index (χ3v) is 3.61. The lowest BCUT2D eigenvalue weighted by atomic mass is 10.1. The molecule has 0 saturated carbocycles. The molecule has 0 aliphatic rings. The normalized spacial score (nSPS) is 11.2. The van der Waals surface area contributed by atoms with Crippen LogP contribution >= 0.6 is 22.6 Å². The smallest absolute Gasteiger partial charge is 0.0743 e. The van der Waals surface area contributed by atoms with Crippen molar-refractivity contribution in [1.29, 1.82) is 0 Å². The van der Waals surface area contributed by atoms with Crippen molar-refractivity contribution in [1.82, 2.24) is 9.88 Å². The summed E-state index contributed by atoms with van der Waals surface area (Å²) in [5.41, 5.74) is 8.73. The van der Waals surface area contributed by atoms with E-state index in [1.165, 1.54) is 3.57 Å². The second-order valence-electron chi connectivity index (χ2n) is 4.83. The minimum atomic E-state index is 0.708. The van der Waals surface area contributed by atoms with Crippen molar-refractivity contribution in [2.75, 3.05) is 38.2 Å². The molecule has 0 amide bonds. The van der Waals surface area contributed by atoms with Gasteiger partial charge in [-0.15, -0.1) is 0 Å². The Bertz CT molecular complexity index is 563. The maximum atomic E-state index is 6.04. The van der Waals surface area contributed by atoms with Gasteiger partial charge in [0, 0.05) is 15.5 Å². The molecular weight excluding hydrogens is 351 g/mol. The number of hydrogen-bond donors (Lipinski definition) is 2. The number of rotatable bonds is 5. The van der Waals surface area contributed by atoms with Gasteiger partial charge in [0.15, 0.2) is 0 Å². The summed E-state index contributed by atoms with van der Waals surface area (Å²) in [4.78, 5) is 6.54. The highest BCUT2D eigenvalue weighted by atomic mass is 127. The molecule has 102 valence electrons. The molecule has 0 unspecified atom stereocenters. The van der Waals surface area contributed by atoms with Gasteiger partial charge in [0.1, 0.15) is 0 Å². The van der Waals surface area contributed by atoms with Crippen molar-refractivity contribution in [2.45, 2.75) is 6.42 Å². The Labute approximate surface area is 127 Å². The number of hydrogen-bond acceptors (Lipinski definition) is 4. The summed E-state index contributed by atoms with van der Waals surface area (Å²) >= 11 is 2.31. The van der Waals surface area contributed by atoms with Crippen molar-refractivity contribution < 1.29 is 0 Å². The number of nitrogens with two attached hydrogens (primary N) is 1. The van der Waals surface area contributed by atoms with Crippen LogP contribution in [0.4, 0.5) is 11.4 Å². The monoisotopic (exact) mass is 370 g/mol. The van der Waals surface area contributed by atoms with E-state index in [1.54, 1.807) is 6.20 Å². The summed E-state index contributed by atoms with van der Waals surface area (Å²) in [6.45, 7) is 1.97. The molecule has 1 heterocycles. The van der Waals surface area contributed by atoms with Crippen LogP contribution in [0.3, 0.4) is 0 Å². The third-order valence-electron chi connectivity index (χ3n) is 2.94. The van der Waals surface area contributed by atoms with Crippen molar-refractivity contribution in [3.63, 3.8) is 0 Å². The highest BCUT2D eigenvalue weighted by Gasteiger charge is 2.06. The van der Waals surface area contributed by atoms with E-state index in [0.29, 0.717) is 5.69 Å². The fraction of sp³-hybridized carbons (Fsp3) is 0.357. The first-order chi connectivity index (χ1) is 9.08. The van der Waals surface area contributed by atoms with Crippen LogP contribution in [0.25, 0.3) is 10.9 Å². The number of nitrogens with zero attached hydrogens (tertiary/aromatic N) is 2. The van der Waals surface area contributed by atoms with E-state index < -0.39 is 0 Å². The van der Waals surface area contributed by atoms with E-state index in [4.69, 9.17) is 5.73 Å². The highest BCUT2D eigenvalue weighted by molar-refractivity contribution is 14.1. The fourth-order valence-electron chi connectivity index (χ4n) is 1.99. The highest BCUT2D eigenvalue weighted by Crippen LogP contribution is 2.28. The Kier molecular flexibility index (Phi) is 4.81. The number of fused-ring (bicyclic) bond motifs is 1. The molecular formula is C14H19IN4. The Balaban J connectivity index is 2.20. The zero-order chi connectivity index (χ0) is 13.8. The molecule has 0 aliphatic heterocycles. The summed E-state index contributed by atoms with van der Waals surface area (Å²) in [5.74, 6) is 0. The summed E-state index contributed by atoms with van der Waals surface area (Å²) in [7, 11) is 4.16. The number of anilines is 2. The van der Waals surface area contributed by atoms with Gasteiger partial charge in [-0.2, -0.15) is 0 Å². The van der Waals surface area contributed by atoms with Crippen LogP contribution in [0, 0.1) is 3.57 Å². The fourth-order valence-corrected chi connectivity index (χ4v) is 2.48. The molecule has 1 aromatic carbocycles. The maximum Gasteiger partial charge on any atom is 0.0743 e. The molecule has 0 radical (unpaired) electrons. The van der Waals surface area contributed by atoms with Crippen molar-refractivity contribution in [3.8, 4) is 0 Å². The van der Waals surface area contributed by atoms with Crippen LogP contribution in [0.15, 0.2) is 24.4 Å². The SMILES string of the molecule is CN(C)CCCNc1c(N)cnc2ccc(I)cc12. The van der Waals surface area contributed by atoms with Gasteiger partial charge < -0.3 is 16.0 Å². The number of halogens is 1. The van der Waals surface area contributed by atoms with Gasteiger partial charge in [0.05, 0.1) is 23.1 Å². The lowest BCUT2D eigenvalue weighted by Gasteiger charge is -2.14. The Morgan fingerprint density at radius 3 is 2.89 bits per heavy atom. The van der Waals surface area contributed by atoms with E-state index in [1.807, 2.05) is 6.07 Å². The van der Waals surface area contributed by atoms with E-state index in [-0.39, 0.29) is 0 Å². The Morgan fingerprint density at radius 1 is 1.37 bits per heavy atom. The molecule has 0 saturated heterocycles. The van der Waals surface area contributed by atoms with Crippen molar-refractivity contribution in [2.24, 2.45) is 0 Å². The number of nitrogens with one attached hydrogen (secondary N) is 1. The van der Waals surface area contributed by atoms with Gasteiger partial charge >= 0.3 is 0 Å². The maximum absolute atomic E-state index is 6.04. The second-order valence-corrected chi connectivity index (χ2v) is 6.08. The summed E-state index contributed by atoms with van der Waals surface area (Å²) in [6, 6.07) is 6.21. The Morgan fingerprint density at radius 2 is 2.16 bits per heavy atom. The second kappa shape index (κ2) is 6.38. The van der Waals surface area contributed by atoms with Crippen LogP contribution in [0.1, 0.15) is 6.42 Å². The molecule has 3 N–H and O–H groups in total. The van der Waals surface area contributed by atoms with Crippen LogP contribution < -0.4 is 11.1 Å². The van der Waals surface area contributed by atoms with Gasteiger partial charge in [-0.3, -0.25) is 4.98 Å². The van der Waals surface area contributed by atoms with Crippen LogP contribution in [-0.4, -0.2) is 37.1 Å². The van der Waals surface area contributed by atoms with Crippen molar-refractivity contribution >= 4 is 44.9 Å². The number of aromatic nitrogens is 1. The average molecular weight is 370 g/mol. The van der Waals surface area contributed by atoms with Gasteiger partial charge in [0.2, 0.25) is 0 Å².